The Bertz CT molecular complexity index is 835. The molecule has 0 saturated carbocycles. The summed E-state index contributed by atoms with van der Waals surface area (Å²) in [7, 11) is 3.25. The number of amides is 1. The molecule has 0 bridgehead atoms. The van der Waals surface area contributed by atoms with Gasteiger partial charge in [0.1, 0.15) is 5.75 Å². The molecule has 8 heteroatoms. The monoisotopic (exact) mass is 411 g/mol. The van der Waals surface area contributed by atoms with Gasteiger partial charge in [0, 0.05) is 51.0 Å². The average Bonchev–Trinajstić information content (AvgIpc) is 2.84. The summed E-state index contributed by atoms with van der Waals surface area (Å²) in [5, 5.41) is 8.30. The minimum Gasteiger partial charge on any atom is -0.497 e. The molecule has 8 nitrogen and oxygen atoms in total. The van der Waals surface area contributed by atoms with Crippen molar-refractivity contribution in [2.45, 2.75) is 12.8 Å². The number of hydrogen-bond donors (Lipinski definition) is 0. The highest BCUT2D eigenvalue weighted by molar-refractivity contribution is 5.80. The maximum Gasteiger partial charge on any atom is 0.233 e. The average molecular weight is 412 g/mol. The molecule has 4 rings (SSSR count). The van der Waals surface area contributed by atoms with Gasteiger partial charge in [-0.15, -0.1) is 10.2 Å². The summed E-state index contributed by atoms with van der Waals surface area (Å²) in [6, 6.07) is 11.8. The first-order valence-corrected chi connectivity index (χ1v) is 10.5. The van der Waals surface area contributed by atoms with Gasteiger partial charge in [-0.05, 0) is 43.2 Å². The molecule has 2 aromatic rings. The van der Waals surface area contributed by atoms with Gasteiger partial charge in [-0.25, -0.2) is 0 Å². The number of piperazine rings is 1. The largest absolute Gasteiger partial charge is 0.497 e. The molecule has 0 aliphatic carbocycles. The van der Waals surface area contributed by atoms with Crippen LogP contribution >= 0.6 is 0 Å². The highest BCUT2D eigenvalue weighted by Crippen LogP contribution is 2.25. The summed E-state index contributed by atoms with van der Waals surface area (Å²) in [4.78, 5) is 19.7. The second-order valence-electron chi connectivity index (χ2n) is 7.73. The summed E-state index contributed by atoms with van der Waals surface area (Å²) < 4.78 is 10.3. The van der Waals surface area contributed by atoms with E-state index >= 15 is 0 Å². The molecule has 1 amide bonds. The number of anilines is 2. The first kappa shape index (κ1) is 20.3. The van der Waals surface area contributed by atoms with Crippen LogP contribution in [0.4, 0.5) is 11.5 Å². The number of ether oxygens (including phenoxy) is 2. The zero-order valence-corrected chi connectivity index (χ0v) is 17.7. The molecule has 2 saturated heterocycles. The van der Waals surface area contributed by atoms with E-state index in [0.29, 0.717) is 12.4 Å². The van der Waals surface area contributed by atoms with Gasteiger partial charge >= 0.3 is 0 Å². The zero-order valence-electron chi connectivity index (χ0n) is 17.7. The molecule has 2 aliphatic heterocycles. The van der Waals surface area contributed by atoms with E-state index in [1.165, 1.54) is 5.69 Å². The van der Waals surface area contributed by atoms with Crippen molar-refractivity contribution in [3.8, 4) is 11.6 Å². The summed E-state index contributed by atoms with van der Waals surface area (Å²) in [5.74, 6) is 2.43. The van der Waals surface area contributed by atoms with Crippen LogP contribution in [0.15, 0.2) is 36.4 Å². The van der Waals surface area contributed by atoms with Crippen molar-refractivity contribution in [3.63, 3.8) is 0 Å². The van der Waals surface area contributed by atoms with Crippen LogP contribution in [0.25, 0.3) is 0 Å². The van der Waals surface area contributed by atoms with Gasteiger partial charge in [0.25, 0.3) is 0 Å². The van der Waals surface area contributed by atoms with Crippen LogP contribution in [0, 0.1) is 5.92 Å². The second kappa shape index (κ2) is 9.19. The molecule has 2 aliphatic rings. The van der Waals surface area contributed by atoms with Crippen LogP contribution in [0.3, 0.4) is 0 Å². The lowest BCUT2D eigenvalue weighted by atomic mass is 9.96. The first-order valence-electron chi connectivity index (χ1n) is 10.5. The topological polar surface area (TPSA) is 71.0 Å². The van der Waals surface area contributed by atoms with Gasteiger partial charge in [0.15, 0.2) is 5.82 Å². The Morgan fingerprint density at radius 2 is 1.67 bits per heavy atom. The number of methoxy groups -OCH3 is 2. The minimum atomic E-state index is 0.00943. The maximum absolute atomic E-state index is 13.2. The fourth-order valence-electron chi connectivity index (χ4n) is 4.21. The van der Waals surface area contributed by atoms with Crippen molar-refractivity contribution in [1.82, 2.24) is 15.1 Å². The number of carbonyl (C=O) groups excluding carboxylic acids is 1. The van der Waals surface area contributed by atoms with E-state index in [1.54, 1.807) is 14.2 Å². The fourth-order valence-corrected chi connectivity index (χ4v) is 4.21. The molecule has 0 radical (unpaired) electrons. The van der Waals surface area contributed by atoms with Crippen molar-refractivity contribution in [2.75, 3.05) is 63.3 Å². The summed E-state index contributed by atoms with van der Waals surface area (Å²) in [6.45, 7) is 4.79. The molecule has 3 heterocycles. The number of rotatable bonds is 5. The van der Waals surface area contributed by atoms with Crippen molar-refractivity contribution in [3.05, 3.63) is 36.4 Å². The van der Waals surface area contributed by atoms with Gasteiger partial charge in [0.05, 0.1) is 20.1 Å². The number of hydrogen-bond acceptors (Lipinski definition) is 7. The Morgan fingerprint density at radius 1 is 0.900 bits per heavy atom. The Kier molecular flexibility index (Phi) is 6.21. The Labute approximate surface area is 177 Å². The summed E-state index contributed by atoms with van der Waals surface area (Å²) >= 11 is 0. The smallest absolute Gasteiger partial charge is 0.233 e. The molecule has 30 heavy (non-hydrogen) atoms. The SMILES string of the molecule is COc1ccc(N2CCN(C(=O)[C@@H]3CCCN(c4ccc(OC)nn4)C3)CC2)cc1. The number of aromatic nitrogens is 2. The fraction of sp³-hybridized carbons (Fsp3) is 0.500. The lowest BCUT2D eigenvalue weighted by molar-refractivity contribution is -0.136. The third-order valence-electron chi connectivity index (χ3n) is 5.96. The van der Waals surface area contributed by atoms with Gasteiger partial charge in [0.2, 0.25) is 11.8 Å². The Morgan fingerprint density at radius 3 is 2.30 bits per heavy atom. The van der Waals surface area contributed by atoms with Gasteiger partial charge in [-0.1, -0.05) is 0 Å². The number of benzene rings is 1. The van der Waals surface area contributed by atoms with Crippen LogP contribution in [0.5, 0.6) is 11.6 Å². The van der Waals surface area contributed by atoms with Crippen molar-refractivity contribution in [2.24, 2.45) is 5.92 Å². The lowest BCUT2D eigenvalue weighted by Crippen LogP contribution is -2.52. The molecule has 0 unspecified atom stereocenters. The van der Waals surface area contributed by atoms with E-state index in [4.69, 9.17) is 9.47 Å². The molecule has 1 aromatic carbocycles. The van der Waals surface area contributed by atoms with Gasteiger partial charge < -0.3 is 24.2 Å². The van der Waals surface area contributed by atoms with Crippen LogP contribution in [-0.2, 0) is 4.79 Å². The van der Waals surface area contributed by atoms with E-state index in [-0.39, 0.29) is 11.8 Å². The molecular weight excluding hydrogens is 382 g/mol. The molecule has 2 fully saturated rings. The third-order valence-corrected chi connectivity index (χ3v) is 5.96. The number of nitrogens with zero attached hydrogens (tertiary/aromatic N) is 5. The minimum absolute atomic E-state index is 0.00943. The quantitative estimate of drug-likeness (QED) is 0.746. The van der Waals surface area contributed by atoms with Gasteiger partial charge in [-0.3, -0.25) is 4.79 Å². The molecule has 0 spiro atoms. The predicted molar refractivity (Wildman–Crippen MR) is 115 cm³/mol. The zero-order chi connectivity index (χ0) is 20.9. The van der Waals surface area contributed by atoms with E-state index in [9.17, 15) is 4.79 Å². The van der Waals surface area contributed by atoms with Crippen LogP contribution in [0.2, 0.25) is 0 Å². The highest BCUT2D eigenvalue weighted by Gasteiger charge is 2.31. The number of carbonyl (C=O) groups is 1. The van der Waals surface area contributed by atoms with E-state index < -0.39 is 0 Å². The standard InChI is InChI=1S/C22H29N5O3/c1-29-19-7-5-18(6-8-19)25-12-14-26(15-13-25)22(28)17-4-3-11-27(16-17)20-9-10-21(30-2)24-23-20/h5-10,17H,3-4,11-16H2,1-2H3/t17-/m1/s1. The van der Waals surface area contributed by atoms with Crippen molar-refractivity contribution >= 4 is 17.4 Å². The lowest BCUT2D eigenvalue weighted by Gasteiger charge is -2.40. The van der Waals surface area contributed by atoms with Gasteiger partial charge in [-0.2, -0.15) is 0 Å². The van der Waals surface area contributed by atoms with Crippen LogP contribution in [0.1, 0.15) is 12.8 Å². The summed E-state index contributed by atoms with van der Waals surface area (Å²) in [6.07, 6.45) is 1.91. The van der Waals surface area contributed by atoms with Crippen molar-refractivity contribution < 1.29 is 14.3 Å². The van der Waals surface area contributed by atoms with E-state index in [0.717, 1.165) is 57.1 Å². The predicted octanol–water partition coefficient (Wildman–Crippen LogP) is 2.06. The molecular formula is C22H29N5O3. The third kappa shape index (κ3) is 4.42. The normalized spacial score (nSPS) is 19.5. The van der Waals surface area contributed by atoms with Crippen molar-refractivity contribution in [1.29, 1.82) is 0 Å². The first-order chi connectivity index (χ1) is 14.7. The van der Waals surface area contributed by atoms with E-state index in [1.807, 2.05) is 29.2 Å². The number of piperidine rings is 1. The molecule has 1 aromatic heterocycles. The molecule has 160 valence electrons. The Balaban J connectivity index is 1.32. The van der Waals surface area contributed by atoms with E-state index in [2.05, 4.69) is 32.1 Å². The van der Waals surface area contributed by atoms with Crippen LogP contribution < -0.4 is 19.3 Å². The molecule has 1 atom stereocenters. The molecule has 0 N–H and O–H groups in total. The highest BCUT2D eigenvalue weighted by atomic mass is 16.5. The van der Waals surface area contributed by atoms with Crippen LogP contribution in [-0.4, -0.2) is 74.5 Å². The maximum atomic E-state index is 13.2. The second-order valence-corrected chi connectivity index (χ2v) is 7.73. The Hall–Kier alpha value is -3.03. The summed E-state index contributed by atoms with van der Waals surface area (Å²) in [5.41, 5.74) is 1.17.